The number of alkyl halides is 1. The van der Waals surface area contributed by atoms with E-state index in [1.54, 1.807) is 0 Å². The van der Waals surface area contributed by atoms with E-state index in [1.165, 1.54) is 45.1 Å². The first kappa shape index (κ1) is 13.3. The lowest BCUT2D eigenvalue weighted by Gasteiger charge is -2.20. The summed E-state index contributed by atoms with van der Waals surface area (Å²) in [4.78, 5) is 0. The van der Waals surface area contributed by atoms with E-state index in [9.17, 15) is 0 Å². The van der Waals surface area contributed by atoms with Crippen molar-refractivity contribution in [3.8, 4) is 0 Å². The van der Waals surface area contributed by atoms with Crippen molar-refractivity contribution < 1.29 is 0 Å². The lowest BCUT2D eigenvalue weighted by molar-refractivity contribution is 0.423. The van der Waals surface area contributed by atoms with Crippen molar-refractivity contribution in [3.05, 3.63) is 0 Å². The van der Waals surface area contributed by atoms with Gasteiger partial charge in [0.1, 0.15) is 0 Å². The molecule has 0 amide bonds. The Bertz CT molecular complexity index is 151. The van der Waals surface area contributed by atoms with E-state index in [0.29, 0.717) is 11.3 Å². The molecule has 1 fully saturated rings. The zero-order valence-corrected chi connectivity index (χ0v) is 11.0. The molecule has 0 saturated heterocycles. The first-order valence-corrected chi connectivity index (χ1v) is 7.06. The van der Waals surface area contributed by atoms with Crippen LogP contribution in [0.3, 0.4) is 0 Å². The van der Waals surface area contributed by atoms with Crippen LogP contribution in [0.2, 0.25) is 0 Å². The van der Waals surface area contributed by atoms with Crippen LogP contribution in [0.1, 0.15) is 52.4 Å². The fourth-order valence-electron chi connectivity index (χ4n) is 2.61. The third kappa shape index (κ3) is 4.74. The molecular formula is C13H26ClN. The van der Waals surface area contributed by atoms with Crippen molar-refractivity contribution in [3.63, 3.8) is 0 Å². The molecule has 90 valence electrons. The molecule has 0 heterocycles. The molecule has 1 N–H and O–H groups in total. The minimum Gasteiger partial charge on any atom is -0.315 e. The number of halogens is 1. The van der Waals surface area contributed by atoms with Crippen molar-refractivity contribution in [2.24, 2.45) is 11.8 Å². The number of hydrogen-bond acceptors (Lipinski definition) is 1. The molecule has 0 aromatic rings. The highest BCUT2D eigenvalue weighted by Crippen LogP contribution is 2.24. The van der Waals surface area contributed by atoms with Crippen molar-refractivity contribution in [1.29, 1.82) is 0 Å². The van der Waals surface area contributed by atoms with Gasteiger partial charge < -0.3 is 5.32 Å². The summed E-state index contributed by atoms with van der Waals surface area (Å²) >= 11 is 6.37. The summed E-state index contributed by atoms with van der Waals surface area (Å²) in [5, 5.41) is 3.87. The lowest BCUT2D eigenvalue weighted by Crippen LogP contribution is -2.31. The lowest BCUT2D eigenvalue weighted by atomic mass is 9.99. The highest BCUT2D eigenvalue weighted by molar-refractivity contribution is 6.21. The number of nitrogens with one attached hydrogen (secondary N) is 1. The highest BCUT2D eigenvalue weighted by Gasteiger charge is 2.17. The predicted molar refractivity (Wildman–Crippen MR) is 68.5 cm³/mol. The van der Waals surface area contributed by atoms with E-state index in [0.717, 1.165) is 12.5 Å². The maximum atomic E-state index is 6.37. The second kappa shape index (κ2) is 7.51. The van der Waals surface area contributed by atoms with Gasteiger partial charge in [-0.25, -0.2) is 0 Å². The average molecular weight is 232 g/mol. The van der Waals surface area contributed by atoms with Gasteiger partial charge in [0.2, 0.25) is 0 Å². The van der Waals surface area contributed by atoms with Crippen LogP contribution in [-0.2, 0) is 0 Å². The minimum atomic E-state index is 0.321. The minimum absolute atomic E-state index is 0.321. The predicted octanol–water partition coefficient (Wildman–Crippen LogP) is 3.81. The normalized spacial score (nSPS) is 20.0. The Labute approximate surface area is 100.0 Å². The van der Waals surface area contributed by atoms with Crippen LogP contribution in [0.15, 0.2) is 0 Å². The first-order chi connectivity index (χ1) is 7.27. The van der Waals surface area contributed by atoms with Gasteiger partial charge in [0, 0.05) is 11.9 Å². The molecule has 15 heavy (non-hydrogen) atoms. The zero-order chi connectivity index (χ0) is 11.1. The van der Waals surface area contributed by atoms with Gasteiger partial charge in [-0.2, -0.15) is 0 Å². The van der Waals surface area contributed by atoms with Gasteiger partial charge in [0.25, 0.3) is 0 Å². The summed E-state index contributed by atoms with van der Waals surface area (Å²) in [5.74, 6) is 1.61. The molecule has 0 aliphatic heterocycles. The summed E-state index contributed by atoms with van der Waals surface area (Å²) < 4.78 is 0. The van der Waals surface area contributed by atoms with E-state index in [-0.39, 0.29) is 0 Å². The van der Waals surface area contributed by atoms with Crippen molar-refractivity contribution >= 4 is 11.6 Å². The quantitative estimate of drug-likeness (QED) is 0.657. The van der Waals surface area contributed by atoms with Crippen LogP contribution in [0, 0.1) is 11.8 Å². The Kier molecular flexibility index (Phi) is 6.67. The molecule has 2 heteroatoms. The van der Waals surface area contributed by atoms with Crippen LogP contribution in [0.4, 0.5) is 0 Å². The van der Waals surface area contributed by atoms with Crippen molar-refractivity contribution in [1.82, 2.24) is 5.32 Å². The van der Waals surface area contributed by atoms with Gasteiger partial charge in [0.15, 0.2) is 0 Å². The third-order valence-electron chi connectivity index (χ3n) is 3.81. The Morgan fingerprint density at radius 2 is 1.80 bits per heavy atom. The molecule has 1 rings (SSSR count). The van der Waals surface area contributed by atoms with E-state index in [1.807, 2.05) is 0 Å². The first-order valence-electron chi connectivity index (χ1n) is 6.62. The maximum Gasteiger partial charge on any atom is 0.0488 e. The maximum absolute atomic E-state index is 6.37. The Balaban J connectivity index is 2.07. The number of hydrogen-bond donors (Lipinski definition) is 1. The van der Waals surface area contributed by atoms with Gasteiger partial charge in [-0.05, 0) is 31.2 Å². The van der Waals surface area contributed by atoms with E-state index >= 15 is 0 Å². The molecule has 1 saturated carbocycles. The molecule has 1 unspecified atom stereocenters. The largest absolute Gasteiger partial charge is 0.315 e. The summed E-state index contributed by atoms with van der Waals surface area (Å²) in [6.07, 6.45) is 8.12. The van der Waals surface area contributed by atoms with Crippen LogP contribution >= 0.6 is 11.6 Å². The molecule has 1 aliphatic rings. The summed E-state index contributed by atoms with van der Waals surface area (Å²) in [5.41, 5.74) is 0. The van der Waals surface area contributed by atoms with Crippen molar-refractivity contribution in [2.75, 3.05) is 13.1 Å². The zero-order valence-electron chi connectivity index (χ0n) is 10.3. The SMILES string of the molecule is CCC(CC)C(Cl)CNCC1CCCC1. The summed E-state index contributed by atoms with van der Waals surface area (Å²) in [7, 11) is 0. The topological polar surface area (TPSA) is 12.0 Å². The second-order valence-corrected chi connectivity index (χ2v) is 5.46. The average Bonchev–Trinajstić information content (AvgIpc) is 2.72. The highest BCUT2D eigenvalue weighted by atomic mass is 35.5. The molecule has 0 spiro atoms. The van der Waals surface area contributed by atoms with Gasteiger partial charge >= 0.3 is 0 Å². The Morgan fingerprint density at radius 3 is 2.33 bits per heavy atom. The fourth-order valence-corrected chi connectivity index (χ4v) is 3.07. The molecule has 0 bridgehead atoms. The molecule has 1 aliphatic carbocycles. The Morgan fingerprint density at radius 1 is 1.20 bits per heavy atom. The monoisotopic (exact) mass is 231 g/mol. The van der Waals surface area contributed by atoms with Gasteiger partial charge in [-0.1, -0.05) is 39.5 Å². The van der Waals surface area contributed by atoms with E-state index in [4.69, 9.17) is 11.6 Å². The molecule has 1 nitrogen and oxygen atoms in total. The Hall–Kier alpha value is 0.250. The van der Waals surface area contributed by atoms with E-state index < -0.39 is 0 Å². The number of rotatable bonds is 7. The fraction of sp³-hybridized carbons (Fsp3) is 1.00. The molecule has 0 aromatic carbocycles. The van der Waals surface area contributed by atoms with E-state index in [2.05, 4.69) is 19.2 Å². The molecular weight excluding hydrogens is 206 g/mol. The molecule has 0 aromatic heterocycles. The van der Waals surface area contributed by atoms with Gasteiger partial charge in [0.05, 0.1) is 0 Å². The third-order valence-corrected chi connectivity index (χ3v) is 4.32. The second-order valence-electron chi connectivity index (χ2n) is 4.90. The van der Waals surface area contributed by atoms with Gasteiger partial charge in [-0.3, -0.25) is 0 Å². The van der Waals surface area contributed by atoms with Crippen LogP contribution in [0.5, 0.6) is 0 Å². The van der Waals surface area contributed by atoms with Crippen LogP contribution in [-0.4, -0.2) is 18.5 Å². The molecule has 1 atom stereocenters. The van der Waals surface area contributed by atoms with Crippen LogP contribution < -0.4 is 5.32 Å². The smallest absolute Gasteiger partial charge is 0.0488 e. The summed E-state index contributed by atoms with van der Waals surface area (Å²) in [6.45, 7) is 6.65. The summed E-state index contributed by atoms with van der Waals surface area (Å²) in [6, 6.07) is 0. The van der Waals surface area contributed by atoms with Crippen molar-refractivity contribution in [2.45, 2.75) is 57.7 Å². The van der Waals surface area contributed by atoms with Gasteiger partial charge in [-0.15, -0.1) is 11.6 Å². The standard InChI is InChI=1S/C13H26ClN/c1-3-12(4-2)13(14)10-15-9-11-7-5-6-8-11/h11-13,15H,3-10H2,1-2H3. The molecule has 0 radical (unpaired) electrons. The van der Waals surface area contributed by atoms with Crippen LogP contribution in [0.25, 0.3) is 0 Å².